The maximum absolute atomic E-state index is 12.0. The van der Waals surface area contributed by atoms with Crippen molar-refractivity contribution >= 4 is 43.8 Å². The van der Waals surface area contributed by atoms with Crippen LogP contribution in [0.15, 0.2) is 30.5 Å². The number of rotatable bonds is 5. The predicted molar refractivity (Wildman–Crippen MR) is 96.4 cm³/mol. The zero-order chi connectivity index (χ0) is 17.2. The molecular weight excluding hydrogens is 368 g/mol. The minimum Gasteiger partial charge on any atom is -0.302 e. The van der Waals surface area contributed by atoms with E-state index < -0.39 is 9.84 Å². The van der Waals surface area contributed by atoms with Crippen LogP contribution in [0.5, 0.6) is 0 Å². The Bertz CT molecular complexity index is 849. The van der Waals surface area contributed by atoms with Gasteiger partial charge in [-0.15, -0.1) is 11.3 Å². The SMILES string of the molecule is O=C(CC1CCS(=O)(=O)C1)Nc1ncc(Cc2cccc(Cl)c2)s1. The number of halogens is 1. The molecule has 1 aromatic carbocycles. The van der Waals surface area contributed by atoms with Crippen molar-refractivity contribution in [1.82, 2.24) is 4.98 Å². The van der Waals surface area contributed by atoms with E-state index in [-0.39, 0.29) is 29.8 Å². The molecule has 0 saturated carbocycles. The van der Waals surface area contributed by atoms with Gasteiger partial charge in [0.2, 0.25) is 5.91 Å². The van der Waals surface area contributed by atoms with Crippen LogP contribution in [0, 0.1) is 5.92 Å². The molecular formula is C16H17ClN2O3S2. The number of aromatic nitrogens is 1. The van der Waals surface area contributed by atoms with E-state index in [2.05, 4.69) is 10.3 Å². The molecule has 1 N–H and O–H groups in total. The first-order valence-corrected chi connectivity index (χ1v) is 10.6. The molecule has 1 aliphatic rings. The van der Waals surface area contributed by atoms with Gasteiger partial charge in [-0.2, -0.15) is 0 Å². The summed E-state index contributed by atoms with van der Waals surface area (Å²) >= 11 is 7.39. The second-order valence-electron chi connectivity index (χ2n) is 5.96. The van der Waals surface area contributed by atoms with Crippen LogP contribution >= 0.6 is 22.9 Å². The van der Waals surface area contributed by atoms with Crippen LogP contribution in [0.25, 0.3) is 0 Å². The topological polar surface area (TPSA) is 76.1 Å². The van der Waals surface area contributed by atoms with Gasteiger partial charge in [-0.05, 0) is 30.0 Å². The molecule has 0 aliphatic carbocycles. The van der Waals surface area contributed by atoms with E-state index in [1.807, 2.05) is 24.3 Å². The molecule has 2 aromatic rings. The third-order valence-corrected chi connectivity index (χ3v) is 6.85. The van der Waals surface area contributed by atoms with Gasteiger partial charge in [-0.1, -0.05) is 23.7 Å². The Hall–Kier alpha value is -1.44. The van der Waals surface area contributed by atoms with Crippen molar-refractivity contribution in [2.45, 2.75) is 19.3 Å². The van der Waals surface area contributed by atoms with Crippen molar-refractivity contribution in [3.8, 4) is 0 Å². The number of thiazole rings is 1. The highest BCUT2D eigenvalue weighted by Crippen LogP contribution is 2.25. The Balaban J connectivity index is 1.55. The number of carbonyl (C=O) groups is 1. The maximum Gasteiger partial charge on any atom is 0.226 e. The minimum atomic E-state index is -2.95. The first kappa shape index (κ1) is 17.4. The number of benzene rings is 1. The summed E-state index contributed by atoms with van der Waals surface area (Å²) in [5, 5.41) is 3.99. The molecule has 2 heterocycles. The first-order chi connectivity index (χ1) is 11.4. The second-order valence-corrected chi connectivity index (χ2v) is 9.74. The van der Waals surface area contributed by atoms with Crippen LogP contribution in [0.3, 0.4) is 0 Å². The van der Waals surface area contributed by atoms with Gasteiger partial charge >= 0.3 is 0 Å². The second kappa shape index (κ2) is 7.21. The molecule has 128 valence electrons. The summed E-state index contributed by atoms with van der Waals surface area (Å²) in [4.78, 5) is 17.3. The average Bonchev–Trinajstić information content (AvgIpc) is 3.05. The molecule has 1 atom stereocenters. The van der Waals surface area contributed by atoms with Crippen LogP contribution < -0.4 is 5.32 Å². The summed E-state index contributed by atoms with van der Waals surface area (Å²) < 4.78 is 22.9. The molecule has 5 nitrogen and oxygen atoms in total. The molecule has 1 amide bonds. The number of carbonyl (C=O) groups excluding carboxylic acids is 1. The number of amides is 1. The molecule has 1 fully saturated rings. The fourth-order valence-corrected chi connectivity index (χ4v) is 5.70. The molecule has 0 bridgehead atoms. The molecule has 1 unspecified atom stereocenters. The highest BCUT2D eigenvalue weighted by atomic mass is 35.5. The van der Waals surface area contributed by atoms with Gasteiger partial charge in [0, 0.05) is 28.9 Å². The fraction of sp³-hybridized carbons (Fsp3) is 0.375. The molecule has 1 aromatic heterocycles. The molecule has 0 spiro atoms. The van der Waals surface area contributed by atoms with Gasteiger partial charge in [-0.3, -0.25) is 4.79 Å². The summed E-state index contributed by atoms with van der Waals surface area (Å²) in [5.74, 6) is 0.0336. The number of hydrogen-bond donors (Lipinski definition) is 1. The monoisotopic (exact) mass is 384 g/mol. The van der Waals surface area contributed by atoms with E-state index in [9.17, 15) is 13.2 Å². The zero-order valence-electron chi connectivity index (χ0n) is 12.9. The minimum absolute atomic E-state index is 0.0825. The lowest BCUT2D eigenvalue weighted by atomic mass is 10.1. The van der Waals surface area contributed by atoms with Crippen molar-refractivity contribution in [3.63, 3.8) is 0 Å². The number of nitrogens with one attached hydrogen (secondary N) is 1. The summed E-state index contributed by atoms with van der Waals surface area (Å²) in [6.45, 7) is 0. The van der Waals surface area contributed by atoms with Crippen molar-refractivity contribution in [3.05, 3.63) is 45.9 Å². The summed E-state index contributed by atoms with van der Waals surface area (Å²) in [5.41, 5.74) is 1.08. The van der Waals surface area contributed by atoms with E-state index in [0.717, 1.165) is 10.4 Å². The lowest BCUT2D eigenvalue weighted by Gasteiger charge is -2.06. The fourth-order valence-electron chi connectivity index (χ4n) is 2.76. The highest BCUT2D eigenvalue weighted by molar-refractivity contribution is 7.91. The van der Waals surface area contributed by atoms with Crippen molar-refractivity contribution < 1.29 is 13.2 Å². The average molecular weight is 385 g/mol. The highest BCUT2D eigenvalue weighted by Gasteiger charge is 2.29. The summed E-state index contributed by atoms with van der Waals surface area (Å²) in [6.07, 6.45) is 3.23. The summed E-state index contributed by atoms with van der Waals surface area (Å²) in [7, 11) is -2.95. The van der Waals surface area contributed by atoms with Gasteiger partial charge in [-0.25, -0.2) is 13.4 Å². The van der Waals surface area contributed by atoms with Gasteiger partial charge in [0.1, 0.15) is 0 Å². The largest absolute Gasteiger partial charge is 0.302 e. The van der Waals surface area contributed by atoms with E-state index in [0.29, 0.717) is 23.0 Å². The lowest BCUT2D eigenvalue weighted by molar-refractivity contribution is -0.116. The Labute approximate surface area is 150 Å². The number of hydrogen-bond acceptors (Lipinski definition) is 5. The van der Waals surface area contributed by atoms with Crippen molar-refractivity contribution in [2.24, 2.45) is 5.92 Å². The van der Waals surface area contributed by atoms with Crippen LogP contribution in [0.2, 0.25) is 5.02 Å². The van der Waals surface area contributed by atoms with Crippen LogP contribution in [-0.4, -0.2) is 30.8 Å². The predicted octanol–water partition coefficient (Wildman–Crippen LogP) is 3.15. The standard InChI is InChI=1S/C16H17ClN2O3S2/c17-13-3-1-2-11(6-13)7-14-9-18-16(23-14)19-15(20)8-12-4-5-24(21,22)10-12/h1-3,6,9,12H,4-5,7-8,10H2,(H,18,19,20). The Morgan fingerprint density at radius 2 is 2.25 bits per heavy atom. The number of nitrogens with zero attached hydrogens (tertiary/aromatic N) is 1. The molecule has 3 rings (SSSR count). The van der Waals surface area contributed by atoms with Gasteiger partial charge in [0.15, 0.2) is 15.0 Å². The van der Waals surface area contributed by atoms with Crippen molar-refractivity contribution in [1.29, 1.82) is 0 Å². The molecule has 8 heteroatoms. The zero-order valence-corrected chi connectivity index (χ0v) is 15.3. The summed E-state index contributed by atoms with van der Waals surface area (Å²) in [6, 6.07) is 7.62. The van der Waals surface area contributed by atoms with Crippen molar-refractivity contribution in [2.75, 3.05) is 16.8 Å². The van der Waals surface area contributed by atoms with E-state index in [1.165, 1.54) is 11.3 Å². The normalized spacial score (nSPS) is 19.3. The van der Waals surface area contributed by atoms with Crippen LogP contribution in [-0.2, 0) is 21.1 Å². The number of sulfone groups is 1. The quantitative estimate of drug-likeness (QED) is 0.859. The number of anilines is 1. The van der Waals surface area contributed by atoms with E-state index >= 15 is 0 Å². The Morgan fingerprint density at radius 3 is 2.96 bits per heavy atom. The third kappa shape index (κ3) is 4.78. The molecule has 1 aliphatic heterocycles. The van der Waals surface area contributed by atoms with Gasteiger partial charge < -0.3 is 5.32 Å². The Kier molecular flexibility index (Phi) is 5.22. The van der Waals surface area contributed by atoms with Crippen LogP contribution in [0.1, 0.15) is 23.3 Å². The smallest absolute Gasteiger partial charge is 0.226 e. The van der Waals surface area contributed by atoms with E-state index in [1.54, 1.807) is 6.20 Å². The molecule has 1 saturated heterocycles. The van der Waals surface area contributed by atoms with Gasteiger partial charge in [0.05, 0.1) is 11.5 Å². The third-order valence-electron chi connectivity index (χ3n) is 3.87. The lowest BCUT2D eigenvalue weighted by Crippen LogP contribution is -2.17. The maximum atomic E-state index is 12.0. The van der Waals surface area contributed by atoms with Crippen LogP contribution in [0.4, 0.5) is 5.13 Å². The molecule has 24 heavy (non-hydrogen) atoms. The Morgan fingerprint density at radius 1 is 1.42 bits per heavy atom. The van der Waals surface area contributed by atoms with E-state index in [4.69, 9.17) is 11.6 Å². The first-order valence-electron chi connectivity index (χ1n) is 7.59. The molecule has 0 radical (unpaired) electrons. The van der Waals surface area contributed by atoms with Gasteiger partial charge in [0.25, 0.3) is 0 Å².